The molecule has 1 amide bonds. The lowest BCUT2D eigenvalue weighted by atomic mass is 9.99. The van der Waals surface area contributed by atoms with Crippen molar-refractivity contribution >= 4 is 34.8 Å². The number of nitrogens with one attached hydrogen (secondary N) is 1. The SMILES string of the molecule is CCC(C)[C@H](NC(=O)c1scc(C)c1Cl)C(=O)O. The van der Waals surface area contributed by atoms with Gasteiger partial charge in [0.2, 0.25) is 0 Å². The molecule has 0 spiro atoms. The standard InChI is InChI=1S/C12H16ClNO3S/c1-4-6(2)9(12(16)17)14-11(15)10-8(13)7(3)5-18-10/h5-6,9H,4H2,1-3H3,(H,14,15)(H,16,17)/t6?,9-/m0/s1. The zero-order valence-electron chi connectivity index (χ0n) is 10.5. The first kappa shape index (κ1) is 15.0. The third-order valence-corrected chi connectivity index (χ3v) is 4.57. The number of hydrogen-bond acceptors (Lipinski definition) is 3. The molecule has 1 rings (SSSR count). The number of aryl methyl sites for hydroxylation is 1. The van der Waals surface area contributed by atoms with Crippen LogP contribution in [0.15, 0.2) is 5.38 Å². The molecule has 2 N–H and O–H groups in total. The van der Waals surface area contributed by atoms with Crippen LogP contribution in [0.4, 0.5) is 0 Å². The van der Waals surface area contributed by atoms with Gasteiger partial charge in [-0.2, -0.15) is 0 Å². The van der Waals surface area contributed by atoms with Gasteiger partial charge in [0.15, 0.2) is 0 Å². The highest BCUT2D eigenvalue weighted by atomic mass is 35.5. The largest absolute Gasteiger partial charge is 0.480 e. The van der Waals surface area contributed by atoms with E-state index >= 15 is 0 Å². The molecular formula is C12H16ClNO3S. The predicted octanol–water partition coefficient (Wildman–Crippen LogP) is 2.94. The highest BCUT2D eigenvalue weighted by Gasteiger charge is 2.27. The Morgan fingerprint density at radius 2 is 2.17 bits per heavy atom. The van der Waals surface area contributed by atoms with Gasteiger partial charge in [-0.3, -0.25) is 4.79 Å². The molecule has 0 aliphatic rings. The van der Waals surface area contributed by atoms with Crippen LogP contribution in [0.1, 0.15) is 35.5 Å². The summed E-state index contributed by atoms with van der Waals surface area (Å²) in [6.45, 7) is 5.48. The van der Waals surface area contributed by atoms with Crippen molar-refractivity contribution in [1.82, 2.24) is 5.32 Å². The van der Waals surface area contributed by atoms with Crippen LogP contribution >= 0.6 is 22.9 Å². The Morgan fingerprint density at radius 1 is 1.56 bits per heavy atom. The van der Waals surface area contributed by atoms with Crippen molar-refractivity contribution in [2.45, 2.75) is 33.2 Å². The van der Waals surface area contributed by atoms with Gasteiger partial charge in [-0.15, -0.1) is 11.3 Å². The third kappa shape index (κ3) is 3.23. The highest BCUT2D eigenvalue weighted by Crippen LogP contribution is 2.27. The van der Waals surface area contributed by atoms with Gasteiger partial charge in [0.1, 0.15) is 10.9 Å². The normalized spacial score (nSPS) is 14.0. The average molecular weight is 290 g/mol. The van der Waals surface area contributed by atoms with Crippen molar-refractivity contribution in [3.05, 3.63) is 20.8 Å². The second kappa shape index (κ2) is 6.20. The molecular weight excluding hydrogens is 274 g/mol. The maximum Gasteiger partial charge on any atom is 0.326 e. The van der Waals surface area contributed by atoms with Crippen molar-refractivity contribution in [3.63, 3.8) is 0 Å². The van der Waals surface area contributed by atoms with Gasteiger partial charge in [-0.05, 0) is 23.8 Å². The molecule has 1 unspecified atom stereocenters. The van der Waals surface area contributed by atoms with Crippen molar-refractivity contribution in [1.29, 1.82) is 0 Å². The third-order valence-electron chi connectivity index (χ3n) is 2.87. The van der Waals surface area contributed by atoms with Gasteiger partial charge in [0, 0.05) is 0 Å². The minimum atomic E-state index is -1.03. The first-order valence-corrected chi connectivity index (χ1v) is 6.91. The molecule has 1 heterocycles. The summed E-state index contributed by atoms with van der Waals surface area (Å²) in [7, 11) is 0. The van der Waals surface area contributed by atoms with E-state index in [0.29, 0.717) is 16.3 Å². The molecule has 1 aromatic rings. The molecule has 0 saturated carbocycles. The van der Waals surface area contributed by atoms with Gasteiger partial charge in [-0.1, -0.05) is 31.9 Å². The first-order valence-electron chi connectivity index (χ1n) is 5.65. The van der Waals surface area contributed by atoms with E-state index in [9.17, 15) is 9.59 Å². The number of carboxylic acid groups (broad SMARTS) is 1. The summed E-state index contributed by atoms with van der Waals surface area (Å²) in [4.78, 5) is 23.4. The summed E-state index contributed by atoms with van der Waals surface area (Å²) in [5.41, 5.74) is 0.822. The van der Waals surface area contributed by atoms with Gasteiger partial charge in [-0.25, -0.2) is 4.79 Å². The van der Waals surface area contributed by atoms with Crippen LogP contribution in [-0.2, 0) is 4.79 Å². The molecule has 0 radical (unpaired) electrons. The number of carboxylic acids is 1. The Hall–Kier alpha value is -1.07. The maximum absolute atomic E-state index is 12.0. The number of amides is 1. The van der Waals surface area contributed by atoms with Crippen LogP contribution in [0.3, 0.4) is 0 Å². The topological polar surface area (TPSA) is 66.4 Å². The fourth-order valence-corrected chi connectivity index (χ4v) is 2.65. The van der Waals surface area contributed by atoms with E-state index in [2.05, 4.69) is 5.32 Å². The molecule has 0 fully saturated rings. The fourth-order valence-electron chi connectivity index (χ4n) is 1.47. The first-order chi connectivity index (χ1) is 8.38. The van der Waals surface area contributed by atoms with Crippen LogP contribution in [-0.4, -0.2) is 23.0 Å². The summed E-state index contributed by atoms with van der Waals surface area (Å²) in [6.07, 6.45) is 0.675. The summed E-state index contributed by atoms with van der Waals surface area (Å²) in [6, 6.07) is -0.888. The number of hydrogen-bond donors (Lipinski definition) is 2. The Morgan fingerprint density at radius 3 is 2.56 bits per heavy atom. The Labute approximate surface area is 115 Å². The van der Waals surface area contributed by atoms with Crippen LogP contribution in [0.5, 0.6) is 0 Å². The van der Waals surface area contributed by atoms with E-state index in [-0.39, 0.29) is 5.92 Å². The number of thiophene rings is 1. The highest BCUT2D eigenvalue weighted by molar-refractivity contribution is 7.13. The summed E-state index contributed by atoms with van der Waals surface area (Å²) >= 11 is 7.20. The second-order valence-corrected chi connectivity index (χ2v) is 5.49. The fraction of sp³-hybridized carbons (Fsp3) is 0.500. The molecule has 6 heteroatoms. The number of carbonyl (C=O) groups is 2. The Bertz CT molecular complexity index is 458. The van der Waals surface area contributed by atoms with E-state index in [0.717, 1.165) is 5.56 Å². The van der Waals surface area contributed by atoms with Gasteiger partial charge in [0.25, 0.3) is 5.91 Å². The molecule has 0 bridgehead atoms. The quantitative estimate of drug-likeness (QED) is 0.876. The number of halogens is 1. The monoisotopic (exact) mass is 289 g/mol. The van der Waals surface area contributed by atoms with Crippen LogP contribution in [0.25, 0.3) is 0 Å². The lowest BCUT2D eigenvalue weighted by Gasteiger charge is -2.19. The van der Waals surface area contributed by atoms with E-state index in [1.54, 1.807) is 19.2 Å². The van der Waals surface area contributed by atoms with Crippen molar-refractivity contribution in [3.8, 4) is 0 Å². The number of rotatable bonds is 5. The minimum Gasteiger partial charge on any atom is -0.480 e. The summed E-state index contributed by atoms with van der Waals surface area (Å²) < 4.78 is 0. The van der Waals surface area contributed by atoms with Crippen molar-refractivity contribution in [2.24, 2.45) is 5.92 Å². The zero-order chi connectivity index (χ0) is 13.9. The molecule has 0 aliphatic heterocycles. The van der Waals surface area contributed by atoms with E-state index in [4.69, 9.17) is 16.7 Å². The van der Waals surface area contributed by atoms with Crippen LogP contribution in [0, 0.1) is 12.8 Å². The van der Waals surface area contributed by atoms with Gasteiger partial charge >= 0.3 is 5.97 Å². The molecule has 1 aromatic heterocycles. The lowest BCUT2D eigenvalue weighted by Crippen LogP contribution is -2.44. The van der Waals surface area contributed by atoms with Crippen LogP contribution < -0.4 is 5.32 Å². The van der Waals surface area contributed by atoms with Crippen molar-refractivity contribution < 1.29 is 14.7 Å². The molecule has 0 aromatic carbocycles. The van der Waals surface area contributed by atoms with E-state index in [1.807, 2.05) is 6.92 Å². The van der Waals surface area contributed by atoms with E-state index < -0.39 is 17.9 Å². The predicted molar refractivity (Wildman–Crippen MR) is 72.4 cm³/mol. The number of carbonyl (C=O) groups excluding carboxylic acids is 1. The Balaban J connectivity index is 2.85. The minimum absolute atomic E-state index is 0.133. The molecule has 2 atom stereocenters. The van der Waals surface area contributed by atoms with Crippen LogP contribution in [0.2, 0.25) is 5.02 Å². The van der Waals surface area contributed by atoms with Crippen molar-refractivity contribution in [2.75, 3.05) is 0 Å². The number of aliphatic carboxylic acids is 1. The van der Waals surface area contributed by atoms with Gasteiger partial charge < -0.3 is 10.4 Å². The Kier molecular flexibility index (Phi) is 5.16. The average Bonchev–Trinajstić information content (AvgIpc) is 2.65. The lowest BCUT2D eigenvalue weighted by molar-refractivity contribution is -0.140. The van der Waals surface area contributed by atoms with E-state index in [1.165, 1.54) is 11.3 Å². The molecule has 0 aliphatic carbocycles. The molecule has 18 heavy (non-hydrogen) atoms. The second-order valence-electron chi connectivity index (χ2n) is 4.24. The maximum atomic E-state index is 12.0. The summed E-state index contributed by atoms with van der Waals surface area (Å²) in [5.74, 6) is -1.58. The smallest absolute Gasteiger partial charge is 0.326 e. The van der Waals surface area contributed by atoms with Gasteiger partial charge in [0.05, 0.1) is 5.02 Å². The zero-order valence-corrected chi connectivity index (χ0v) is 12.1. The molecule has 100 valence electrons. The molecule has 4 nitrogen and oxygen atoms in total. The summed E-state index contributed by atoms with van der Waals surface area (Å²) in [5, 5.41) is 13.8. The molecule has 0 saturated heterocycles.